The van der Waals surface area contributed by atoms with Crippen molar-refractivity contribution in [2.45, 2.75) is 33.6 Å². The van der Waals surface area contributed by atoms with E-state index in [1.165, 1.54) is 0 Å². The van der Waals surface area contributed by atoms with E-state index in [1.807, 2.05) is 24.3 Å². The zero-order valence-electron chi connectivity index (χ0n) is 14.8. The Hall–Kier alpha value is -2.28. The number of hydrogen-bond acceptors (Lipinski definition) is 4. The zero-order valence-corrected chi connectivity index (χ0v) is 14.8. The first-order chi connectivity index (χ1) is 11.5. The molecule has 2 atom stereocenters. The Bertz CT molecular complexity index is 670. The summed E-state index contributed by atoms with van der Waals surface area (Å²) in [6, 6.07) is 7.45. The van der Waals surface area contributed by atoms with Gasteiger partial charge in [0.25, 0.3) is 0 Å². The number of carbonyl (C=O) groups excluding carboxylic acids is 1. The highest BCUT2D eigenvalue weighted by Crippen LogP contribution is 2.36. The van der Waals surface area contributed by atoms with Crippen LogP contribution >= 0.6 is 0 Å². The van der Waals surface area contributed by atoms with Crippen LogP contribution in [-0.4, -0.2) is 19.5 Å². The van der Waals surface area contributed by atoms with Gasteiger partial charge in [-0.25, -0.2) is 0 Å². The summed E-state index contributed by atoms with van der Waals surface area (Å²) in [5.41, 5.74) is 1.81. The van der Waals surface area contributed by atoms with Gasteiger partial charge in [-0.05, 0) is 54.0 Å². The molecule has 1 saturated carbocycles. The average Bonchev–Trinajstić information content (AvgIpc) is 2.56. The number of allylic oxidation sites excluding steroid dienone is 1. The van der Waals surface area contributed by atoms with Crippen LogP contribution in [0.3, 0.4) is 0 Å². The molecule has 0 bridgehead atoms. The molecule has 0 amide bonds. The van der Waals surface area contributed by atoms with E-state index in [0.717, 1.165) is 24.0 Å². The molecule has 0 spiro atoms. The molecule has 1 aromatic rings. The van der Waals surface area contributed by atoms with Crippen molar-refractivity contribution >= 4 is 11.9 Å². The highest BCUT2D eigenvalue weighted by atomic mass is 16.5. The van der Waals surface area contributed by atoms with Gasteiger partial charge in [0.1, 0.15) is 6.07 Å². The summed E-state index contributed by atoms with van der Waals surface area (Å²) in [4.78, 5) is 12.8. The van der Waals surface area contributed by atoms with Crippen LogP contribution in [0, 0.1) is 29.1 Å². The quantitative estimate of drug-likeness (QED) is 0.759. The van der Waals surface area contributed by atoms with Crippen molar-refractivity contribution < 1.29 is 14.3 Å². The standard InChI is InChI=1S/C20H25NO3/c1-13(2)16-7-5-14(3)17(20(16)22)11-15-6-8-18(24-10-9-21)19(12-15)23-4/h6,8,11-14,16H,5,7,10H2,1-4H3/t14-,16+/m1/s1. The highest BCUT2D eigenvalue weighted by molar-refractivity contribution is 6.02. The summed E-state index contributed by atoms with van der Waals surface area (Å²) in [7, 11) is 1.56. The first-order valence-corrected chi connectivity index (χ1v) is 8.41. The molecule has 4 nitrogen and oxygen atoms in total. The zero-order chi connectivity index (χ0) is 17.7. The predicted molar refractivity (Wildman–Crippen MR) is 93.8 cm³/mol. The van der Waals surface area contributed by atoms with Gasteiger partial charge in [-0.1, -0.05) is 26.8 Å². The number of Topliss-reactive ketones (excluding diaryl/α,β-unsaturated/α-hetero) is 1. The molecule has 0 N–H and O–H groups in total. The lowest BCUT2D eigenvalue weighted by Crippen LogP contribution is -2.30. The maximum absolute atomic E-state index is 12.8. The molecule has 1 aromatic carbocycles. The van der Waals surface area contributed by atoms with Crippen molar-refractivity contribution in [3.8, 4) is 17.6 Å². The molecule has 0 radical (unpaired) electrons. The fraction of sp³-hybridized carbons (Fsp3) is 0.500. The minimum Gasteiger partial charge on any atom is -0.493 e. The molecule has 2 rings (SSSR count). The summed E-state index contributed by atoms with van der Waals surface area (Å²) in [6.07, 6.45) is 3.98. The molecule has 1 aliphatic carbocycles. The van der Waals surface area contributed by atoms with Crippen LogP contribution in [-0.2, 0) is 4.79 Å². The molecule has 128 valence electrons. The van der Waals surface area contributed by atoms with Gasteiger partial charge in [-0.3, -0.25) is 4.79 Å². The molecule has 4 heteroatoms. The van der Waals surface area contributed by atoms with Crippen LogP contribution < -0.4 is 9.47 Å². The second kappa shape index (κ2) is 8.01. The number of nitrogens with zero attached hydrogens (tertiary/aromatic N) is 1. The van der Waals surface area contributed by atoms with Crippen molar-refractivity contribution in [2.24, 2.45) is 17.8 Å². The van der Waals surface area contributed by atoms with Crippen molar-refractivity contribution in [3.63, 3.8) is 0 Å². The van der Waals surface area contributed by atoms with Crippen LogP contribution in [0.2, 0.25) is 0 Å². The van der Waals surface area contributed by atoms with E-state index in [2.05, 4.69) is 20.8 Å². The van der Waals surface area contributed by atoms with E-state index in [4.69, 9.17) is 14.7 Å². The minimum atomic E-state index is -0.0254. The third-order valence-electron chi connectivity index (χ3n) is 4.67. The van der Waals surface area contributed by atoms with Crippen LogP contribution in [0.5, 0.6) is 11.5 Å². The van der Waals surface area contributed by atoms with Crippen molar-refractivity contribution in [2.75, 3.05) is 13.7 Å². The average molecular weight is 327 g/mol. The molecule has 0 heterocycles. The van der Waals surface area contributed by atoms with E-state index in [9.17, 15) is 4.79 Å². The summed E-state index contributed by atoms with van der Waals surface area (Å²) in [6.45, 7) is 6.31. The number of hydrogen-bond donors (Lipinski definition) is 0. The van der Waals surface area contributed by atoms with Gasteiger partial charge in [0.2, 0.25) is 0 Å². The number of benzene rings is 1. The van der Waals surface area contributed by atoms with Crippen LogP contribution in [0.4, 0.5) is 0 Å². The normalized spacial score (nSPS) is 22.5. The van der Waals surface area contributed by atoms with Gasteiger partial charge in [0.05, 0.1) is 7.11 Å². The lowest BCUT2D eigenvalue weighted by molar-refractivity contribution is -0.122. The SMILES string of the molecule is COc1cc(C=C2C(=O)[C@H](C(C)C)CC[C@H]2C)ccc1OCC#N. The lowest BCUT2D eigenvalue weighted by atomic mass is 9.73. The number of nitriles is 1. The van der Waals surface area contributed by atoms with E-state index < -0.39 is 0 Å². The molecule has 1 fully saturated rings. The molecular weight excluding hydrogens is 302 g/mol. The fourth-order valence-corrected chi connectivity index (χ4v) is 3.21. The number of methoxy groups -OCH3 is 1. The van der Waals surface area contributed by atoms with Crippen LogP contribution in [0.15, 0.2) is 23.8 Å². The first-order valence-electron chi connectivity index (χ1n) is 8.41. The Kier molecular flexibility index (Phi) is 6.03. The largest absolute Gasteiger partial charge is 0.493 e. The Morgan fingerprint density at radius 1 is 1.33 bits per heavy atom. The van der Waals surface area contributed by atoms with Gasteiger partial charge in [0.15, 0.2) is 23.9 Å². The number of rotatable bonds is 5. The van der Waals surface area contributed by atoms with Crippen molar-refractivity contribution in [1.29, 1.82) is 5.26 Å². The smallest absolute Gasteiger partial charge is 0.174 e. The number of carbonyl (C=O) groups is 1. The molecule has 0 aliphatic heterocycles. The molecule has 24 heavy (non-hydrogen) atoms. The maximum atomic E-state index is 12.8. The van der Waals surface area contributed by atoms with Crippen LogP contribution in [0.1, 0.15) is 39.2 Å². The minimum absolute atomic E-state index is 0.0254. The third kappa shape index (κ3) is 3.97. The molecule has 1 aliphatic rings. The number of ketones is 1. The second-order valence-corrected chi connectivity index (χ2v) is 6.65. The molecule has 0 saturated heterocycles. The first kappa shape index (κ1) is 18.1. The topological polar surface area (TPSA) is 59.3 Å². The Morgan fingerprint density at radius 3 is 2.71 bits per heavy atom. The second-order valence-electron chi connectivity index (χ2n) is 6.65. The van der Waals surface area contributed by atoms with Gasteiger partial charge < -0.3 is 9.47 Å². The molecule has 0 unspecified atom stereocenters. The lowest BCUT2D eigenvalue weighted by Gasteiger charge is -2.30. The highest BCUT2D eigenvalue weighted by Gasteiger charge is 2.32. The summed E-state index contributed by atoms with van der Waals surface area (Å²) in [5, 5.41) is 8.63. The summed E-state index contributed by atoms with van der Waals surface area (Å²) < 4.78 is 10.7. The Morgan fingerprint density at radius 2 is 2.08 bits per heavy atom. The van der Waals surface area contributed by atoms with Gasteiger partial charge in [0, 0.05) is 5.92 Å². The van der Waals surface area contributed by atoms with Crippen LogP contribution in [0.25, 0.3) is 6.08 Å². The number of ether oxygens (including phenoxy) is 2. The third-order valence-corrected chi connectivity index (χ3v) is 4.67. The van der Waals surface area contributed by atoms with Crippen molar-refractivity contribution in [3.05, 3.63) is 29.3 Å². The fourth-order valence-electron chi connectivity index (χ4n) is 3.21. The molecule has 0 aromatic heterocycles. The summed E-state index contributed by atoms with van der Waals surface area (Å²) in [5.74, 6) is 2.12. The monoisotopic (exact) mass is 327 g/mol. The Balaban J connectivity index is 2.31. The molecular formula is C20H25NO3. The van der Waals surface area contributed by atoms with E-state index >= 15 is 0 Å². The maximum Gasteiger partial charge on any atom is 0.174 e. The van der Waals surface area contributed by atoms with Gasteiger partial charge >= 0.3 is 0 Å². The van der Waals surface area contributed by atoms with Gasteiger partial charge in [-0.2, -0.15) is 5.26 Å². The van der Waals surface area contributed by atoms with E-state index in [0.29, 0.717) is 17.4 Å². The predicted octanol–water partition coefficient (Wildman–Crippen LogP) is 4.25. The summed E-state index contributed by atoms with van der Waals surface area (Å²) >= 11 is 0. The Labute approximate surface area is 144 Å². The van der Waals surface area contributed by atoms with Gasteiger partial charge in [-0.15, -0.1) is 0 Å². The van der Waals surface area contributed by atoms with E-state index in [1.54, 1.807) is 13.2 Å². The van der Waals surface area contributed by atoms with E-state index in [-0.39, 0.29) is 24.2 Å². The van der Waals surface area contributed by atoms with Crippen molar-refractivity contribution in [1.82, 2.24) is 0 Å².